The van der Waals surface area contributed by atoms with Crippen molar-refractivity contribution in [3.05, 3.63) is 70.3 Å². The summed E-state index contributed by atoms with van der Waals surface area (Å²) in [4.78, 5) is 11.3. The summed E-state index contributed by atoms with van der Waals surface area (Å²) in [6.45, 7) is 8.70. The van der Waals surface area contributed by atoms with Crippen molar-refractivity contribution in [1.29, 1.82) is 0 Å². The van der Waals surface area contributed by atoms with Gasteiger partial charge < -0.3 is 0 Å². The second-order valence-corrected chi connectivity index (χ2v) is 7.08. The third-order valence-corrected chi connectivity index (χ3v) is 4.24. The van der Waals surface area contributed by atoms with E-state index in [0.717, 1.165) is 37.7 Å². The van der Waals surface area contributed by atoms with Gasteiger partial charge in [-0.1, -0.05) is 53.1 Å². The number of benzene rings is 1. The Kier molecular flexibility index (Phi) is 9.48. The topological polar surface area (TPSA) is 17.1 Å². The Morgan fingerprint density at radius 2 is 1.58 bits per heavy atom. The lowest BCUT2D eigenvalue weighted by molar-refractivity contribution is 0.109. The lowest BCUT2D eigenvalue weighted by atomic mass is 10.0. The molecule has 0 saturated heterocycles. The van der Waals surface area contributed by atoms with E-state index in [1.54, 1.807) is 6.07 Å². The van der Waals surface area contributed by atoms with E-state index < -0.39 is 0 Å². The molecule has 0 unspecified atom stereocenters. The maximum absolute atomic E-state index is 11.3. The van der Waals surface area contributed by atoms with E-state index in [-0.39, 0.29) is 5.12 Å². The highest BCUT2D eigenvalue weighted by Crippen LogP contribution is 2.13. The molecule has 0 amide bonds. The summed E-state index contributed by atoms with van der Waals surface area (Å²) in [6.07, 6.45) is 12.3. The highest BCUT2D eigenvalue weighted by atomic mass is 32.1. The molecular formula is C22H30OS. The monoisotopic (exact) mass is 342 g/mol. The minimum Gasteiger partial charge on any atom is -0.282 e. The van der Waals surface area contributed by atoms with Crippen molar-refractivity contribution >= 4 is 17.7 Å². The molecule has 130 valence electrons. The van der Waals surface area contributed by atoms with Gasteiger partial charge in [-0.25, -0.2) is 0 Å². The van der Waals surface area contributed by atoms with Crippen molar-refractivity contribution in [3.63, 3.8) is 0 Å². The molecule has 0 aliphatic carbocycles. The van der Waals surface area contributed by atoms with Crippen LogP contribution in [0.2, 0.25) is 0 Å². The highest BCUT2D eigenvalue weighted by Gasteiger charge is 2.00. The van der Waals surface area contributed by atoms with Crippen LogP contribution in [-0.2, 0) is 6.42 Å². The molecule has 0 radical (unpaired) electrons. The molecule has 1 rings (SSSR count). The van der Waals surface area contributed by atoms with Gasteiger partial charge in [0.2, 0.25) is 5.12 Å². The molecule has 0 N–H and O–H groups in total. The molecule has 2 heteroatoms. The minimum atomic E-state index is -0.175. The summed E-state index contributed by atoms with van der Waals surface area (Å²) in [7, 11) is 0. The third kappa shape index (κ3) is 8.93. The van der Waals surface area contributed by atoms with E-state index in [1.807, 2.05) is 12.1 Å². The van der Waals surface area contributed by atoms with Crippen LogP contribution in [0.1, 0.15) is 69.3 Å². The number of allylic oxidation sites excluding steroid dienone is 6. The van der Waals surface area contributed by atoms with Crippen molar-refractivity contribution < 1.29 is 4.79 Å². The van der Waals surface area contributed by atoms with E-state index in [4.69, 9.17) is 0 Å². The summed E-state index contributed by atoms with van der Waals surface area (Å²) < 4.78 is 0. The van der Waals surface area contributed by atoms with Gasteiger partial charge in [-0.3, -0.25) is 4.79 Å². The fourth-order valence-corrected chi connectivity index (χ4v) is 2.60. The summed E-state index contributed by atoms with van der Waals surface area (Å²) in [5.74, 6) is 0. The number of hydrogen-bond donors (Lipinski definition) is 1. The summed E-state index contributed by atoms with van der Waals surface area (Å²) >= 11 is 3.88. The normalized spacial score (nSPS) is 12.2. The molecule has 0 fully saturated rings. The number of carbonyl (C=O) groups excluding carboxylic acids is 1. The van der Waals surface area contributed by atoms with Crippen LogP contribution >= 0.6 is 12.6 Å². The minimum absolute atomic E-state index is 0.175. The van der Waals surface area contributed by atoms with Gasteiger partial charge in [0, 0.05) is 5.56 Å². The van der Waals surface area contributed by atoms with Crippen LogP contribution < -0.4 is 0 Å². The Bertz CT molecular complexity index is 631. The number of carbonyl (C=O) groups is 1. The van der Waals surface area contributed by atoms with Crippen LogP contribution in [-0.4, -0.2) is 5.12 Å². The number of thiol groups is 1. The molecule has 1 aromatic rings. The van der Waals surface area contributed by atoms with Crippen LogP contribution in [0.15, 0.2) is 59.2 Å². The van der Waals surface area contributed by atoms with Gasteiger partial charge in [-0.05, 0) is 71.4 Å². The van der Waals surface area contributed by atoms with Gasteiger partial charge in [0.15, 0.2) is 0 Å². The molecule has 1 nitrogen and oxygen atoms in total. The smallest absolute Gasteiger partial charge is 0.216 e. The van der Waals surface area contributed by atoms with Crippen molar-refractivity contribution in [2.75, 3.05) is 0 Å². The van der Waals surface area contributed by atoms with Crippen molar-refractivity contribution in [3.8, 4) is 0 Å². The standard InChI is InChI=1S/C22H30OS/c1-17(2)8-5-9-18(3)10-6-11-19(4)14-15-20-12-7-13-21(16-20)22(23)24/h7-8,10,12-14,16H,5-6,9,11,15H2,1-4H3,(H,23,24)/b18-10?,19-14+. The fourth-order valence-electron chi connectivity index (χ4n) is 2.46. The molecule has 0 atom stereocenters. The quantitative estimate of drug-likeness (QED) is 0.389. The predicted molar refractivity (Wildman–Crippen MR) is 109 cm³/mol. The maximum atomic E-state index is 11.3. The highest BCUT2D eigenvalue weighted by molar-refractivity contribution is 7.97. The average Bonchev–Trinajstić information content (AvgIpc) is 2.53. The van der Waals surface area contributed by atoms with E-state index in [2.05, 4.69) is 64.6 Å². The zero-order valence-corrected chi connectivity index (χ0v) is 16.3. The lowest BCUT2D eigenvalue weighted by Gasteiger charge is -2.03. The lowest BCUT2D eigenvalue weighted by Crippen LogP contribution is -1.91. The first kappa shape index (κ1) is 20.5. The van der Waals surface area contributed by atoms with Gasteiger partial charge in [0.1, 0.15) is 0 Å². The summed E-state index contributed by atoms with van der Waals surface area (Å²) in [5, 5.41) is -0.175. The molecule has 24 heavy (non-hydrogen) atoms. The van der Waals surface area contributed by atoms with E-state index in [1.165, 1.54) is 16.7 Å². The second-order valence-electron chi connectivity index (χ2n) is 6.67. The fraction of sp³-hybridized carbons (Fsp3) is 0.409. The zero-order chi connectivity index (χ0) is 17.9. The van der Waals surface area contributed by atoms with Crippen LogP contribution in [0, 0.1) is 0 Å². The third-order valence-electron chi connectivity index (χ3n) is 3.98. The van der Waals surface area contributed by atoms with Gasteiger partial charge in [-0.15, -0.1) is 12.6 Å². The van der Waals surface area contributed by atoms with Crippen LogP contribution in [0.5, 0.6) is 0 Å². The van der Waals surface area contributed by atoms with Crippen molar-refractivity contribution in [2.24, 2.45) is 0 Å². The van der Waals surface area contributed by atoms with Crippen LogP contribution in [0.25, 0.3) is 0 Å². The molecular weight excluding hydrogens is 312 g/mol. The number of hydrogen-bond acceptors (Lipinski definition) is 1. The Labute approximate surface area is 153 Å². The molecule has 0 spiro atoms. The second kappa shape index (κ2) is 11.1. The van der Waals surface area contributed by atoms with E-state index in [0.29, 0.717) is 5.56 Å². The number of rotatable bonds is 9. The first-order valence-electron chi connectivity index (χ1n) is 8.65. The van der Waals surface area contributed by atoms with Crippen molar-refractivity contribution in [1.82, 2.24) is 0 Å². The van der Waals surface area contributed by atoms with Gasteiger partial charge in [-0.2, -0.15) is 0 Å². The van der Waals surface area contributed by atoms with Gasteiger partial charge >= 0.3 is 0 Å². The molecule has 0 aliphatic heterocycles. The molecule has 0 saturated carbocycles. The van der Waals surface area contributed by atoms with E-state index in [9.17, 15) is 4.79 Å². The average molecular weight is 343 g/mol. The summed E-state index contributed by atoms with van der Waals surface area (Å²) in [6, 6.07) is 7.70. The van der Waals surface area contributed by atoms with Gasteiger partial charge in [0.25, 0.3) is 0 Å². The van der Waals surface area contributed by atoms with E-state index >= 15 is 0 Å². The Morgan fingerprint density at radius 1 is 0.958 bits per heavy atom. The molecule has 0 heterocycles. The summed E-state index contributed by atoms with van der Waals surface area (Å²) in [5.41, 5.74) is 6.08. The first-order valence-corrected chi connectivity index (χ1v) is 9.10. The molecule has 0 bridgehead atoms. The Balaban J connectivity index is 2.43. The molecule has 0 aromatic heterocycles. The van der Waals surface area contributed by atoms with Crippen LogP contribution in [0.3, 0.4) is 0 Å². The SMILES string of the molecule is CC(C)=CCCC(C)=CCC/C(C)=C/Cc1cccc(C(=O)S)c1. The molecule has 0 aliphatic rings. The predicted octanol–water partition coefficient (Wildman–Crippen LogP) is 6.72. The Morgan fingerprint density at radius 3 is 2.21 bits per heavy atom. The van der Waals surface area contributed by atoms with Crippen LogP contribution in [0.4, 0.5) is 0 Å². The largest absolute Gasteiger partial charge is 0.282 e. The van der Waals surface area contributed by atoms with Crippen molar-refractivity contribution in [2.45, 2.75) is 59.8 Å². The zero-order valence-electron chi connectivity index (χ0n) is 15.4. The Hall–Kier alpha value is -1.54. The maximum Gasteiger partial charge on any atom is 0.216 e. The van der Waals surface area contributed by atoms with Gasteiger partial charge in [0.05, 0.1) is 0 Å². The molecule has 1 aromatic carbocycles. The first-order chi connectivity index (χ1) is 11.4.